The average molecular weight is 432 g/mol. The number of benzene rings is 1. The molecule has 0 spiro atoms. The first-order chi connectivity index (χ1) is 13.0. The van der Waals surface area contributed by atoms with Gasteiger partial charge in [-0.2, -0.15) is 4.72 Å². The zero-order valence-electron chi connectivity index (χ0n) is 15.7. The van der Waals surface area contributed by atoms with E-state index in [4.69, 9.17) is 9.47 Å². The molecule has 2 aliphatic rings. The van der Waals surface area contributed by atoms with Crippen molar-refractivity contribution in [3.63, 3.8) is 0 Å². The minimum absolute atomic E-state index is 0. The molecule has 1 aromatic carbocycles. The highest BCUT2D eigenvalue weighted by atomic mass is 35.5. The van der Waals surface area contributed by atoms with E-state index in [9.17, 15) is 13.2 Å². The van der Waals surface area contributed by atoms with E-state index in [-0.39, 0.29) is 23.2 Å². The molecule has 10 heteroatoms. The Labute approximate surface area is 171 Å². The van der Waals surface area contributed by atoms with Gasteiger partial charge in [-0.15, -0.1) is 12.4 Å². The Morgan fingerprint density at radius 1 is 1.25 bits per heavy atom. The molecule has 0 saturated carbocycles. The summed E-state index contributed by atoms with van der Waals surface area (Å²) >= 11 is 0. The quantitative estimate of drug-likeness (QED) is 0.579. The number of fused-ring (bicyclic) bond motifs is 1. The Kier molecular flexibility index (Phi) is 8.11. The first-order valence-electron chi connectivity index (χ1n) is 9.04. The summed E-state index contributed by atoms with van der Waals surface area (Å²) < 4.78 is 38.7. The zero-order chi connectivity index (χ0) is 19.3. The Morgan fingerprint density at radius 2 is 2.00 bits per heavy atom. The second-order valence-corrected chi connectivity index (χ2v) is 8.25. The Morgan fingerprint density at radius 3 is 2.71 bits per heavy atom. The number of hydrogen-bond acceptors (Lipinski definition) is 6. The van der Waals surface area contributed by atoms with Gasteiger partial charge in [0.05, 0.1) is 24.2 Å². The number of carbonyl (C=O) groups is 1. The van der Waals surface area contributed by atoms with Gasteiger partial charge in [-0.05, 0) is 32.0 Å². The van der Waals surface area contributed by atoms with Gasteiger partial charge in [0.2, 0.25) is 15.9 Å². The molecule has 1 atom stereocenters. The number of nitrogens with one attached hydrogen (secondary N) is 3. The van der Waals surface area contributed by atoms with Crippen molar-refractivity contribution in [3.05, 3.63) is 29.8 Å². The fraction of sp³-hybridized carbons (Fsp3) is 0.500. The Balaban J connectivity index is 0.00000280. The third-order valence-electron chi connectivity index (χ3n) is 4.40. The summed E-state index contributed by atoms with van der Waals surface area (Å²) in [7, 11) is -3.86. The van der Waals surface area contributed by atoms with E-state index in [2.05, 4.69) is 15.4 Å². The molecule has 0 aliphatic carbocycles. The van der Waals surface area contributed by atoms with Crippen LogP contribution < -0.4 is 24.8 Å². The molecule has 1 unspecified atom stereocenters. The van der Waals surface area contributed by atoms with Gasteiger partial charge in [0.15, 0.2) is 11.5 Å². The third kappa shape index (κ3) is 5.84. The molecule has 2 aliphatic heterocycles. The molecule has 1 aromatic rings. The van der Waals surface area contributed by atoms with Crippen molar-refractivity contribution in [2.24, 2.45) is 0 Å². The van der Waals surface area contributed by atoms with Gasteiger partial charge in [-0.25, -0.2) is 8.42 Å². The molecule has 0 saturated heterocycles. The van der Waals surface area contributed by atoms with E-state index < -0.39 is 16.1 Å². The van der Waals surface area contributed by atoms with Crippen LogP contribution in [0.25, 0.3) is 0 Å². The smallest absolute Gasteiger partial charge is 0.241 e. The molecule has 0 radical (unpaired) electrons. The summed E-state index contributed by atoms with van der Waals surface area (Å²) in [4.78, 5) is 12.3. The normalized spacial score (nSPS) is 17.5. The van der Waals surface area contributed by atoms with Crippen LogP contribution in [0.2, 0.25) is 0 Å². The predicted octanol–water partition coefficient (Wildman–Crippen LogP) is 0.972. The highest BCUT2D eigenvalue weighted by Gasteiger charge is 2.24. The van der Waals surface area contributed by atoms with Crippen molar-refractivity contribution in [2.75, 3.05) is 32.8 Å². The van der Waals surface area contributed by atoms with Crippen LogP contribution in [-0.4, -0.2) is 53.2 Å². The number of sulfonamides is 1. The van der Waals surface area contributed by atoms with E-state index in [1.165, 1.54) is 19.1 Å². The minimum atomic E-state index is -3.86. The van der Waals surface area contributed by atoms with E-state index in [1.54, 1.807) is 6.07 Å². The van der Waals surface area contributed by atoms with Crippen LogP contribution in [0.15, 0.2) is 34.7 Å². The Hall–Kier alpha value is -1.81. The average Bonchev–Trinajstić information content (AvgIpc) is 2.91. The molecule has 8 nitrogen and oxygen atoms in total. The van der Waals surface area contributed by atoms with Gasteiger partial charge in [-0.3, -0.25) is 4.79 Å². The first-order valence-corrected chi connectivity index (χ1v) is 10.5. The number of hydrogen-bond donors (Lipinski definition) is 3. The van der Waals surface area contributed by atoms with Gasteiger partial charge in [0.25, 0.3) is 0 Å². The lowest BCUT2D eigenvalue weighted by atomic mass is 10.1. The number of amides is 1. The summed E-state index contributed by atoms with van der Waals surface area (Å²) in [5.74, 6) is 0.546. The number of halogens is 1. The lowest BCUT2D eigenvalue weighted by Crippen LogP contribution is -2.45. The van der Waals surface area contributed by atoms with E-state index >= 15 is 0 Å². The molecule has 2 heterocycles. The zero-order valence-corrected chi connectivity index (χ0v) is 17.3. The van der Waals surface area contributed by atoms with Gasteiger partial charge in [-0.1, -0.05) is 11.6 Å². The van der Waals surface area contributed by atoms with Crippen molar-refractivity contribution in [1.29, 1.82) is 0 Å². The molecule has 28 heavy (non-hydrogen) atoms. The van der Waals surface area contributed by atoms with Crippen molar-refractivity contribution < 1.29 is 22.7 Å². The number of carbonyl (C=O) groups excluding carboxylic acids is 1. The van der Waals surface area contributed by atoms with Gasteiger partial charge in [0.1, 0.15) is 0 Å². The predicted molar refractivity (Wildman–Crippen MR) is 108 cm³/mol. The highest BCUT2D eigenvalue weighted by molar-refractivity contribution is 7.89. The largest absolute Gasteiger partial charge is 0.490 e. The highest BCUT2D eigenvalue weighted by Crippen LogP contribution is 2.31. The molecule has 1 amide bonds. The third-order valence-corrected chi connectivity index (χ3v) is 5.94. The molecule has 3 rings (SSSR count). The molecule has 156 valence electrons. The maximum atomic E-state index is 12.6. The maximum Gasteiger partial charge on any atom is 0.241 e. The molecular weight excluding hydrogens is 406 g/mol. The summed E-state index contributed by atoms with van der Waals surface area (Å²) in [6, 6.07) is 3.55. The van der Waals surface area contributed by atoms with Crippen molar-refractivity contribution >= 4 is 28.3 Å². The van der Waals surface area contributed by atoms with Gasteiger partial charge in [0, 0.05) is 25.6 Å². The van der Waals surface area contributed by atoms with Crippen LogP contribution in [0.1, 0.15) is 19.8 Å². The fourth-order valence-electron chi connectivity index (χ4n) is 2.85. The van der Waals surface area contributed by atoms with E-state index in [1.807, 2.05) is 6.08 Å². The number of ether oxygens (including phenoxy) is 2. The lowest BCUT2D eigenvalue weighted by molar-refractivity contribution is -0.122. The van der Waals surface area contributed by atoms with Crippen LogP contribution in [-0.2, 0) is 14.8 Å². The standard InChI is InChI=1S/C18H25N3O5S.ClH/c1-13(18(22)20-12-14-5-7-19-8-6-14)21-27(23,24)15-3-4-16-17(11-15)26-10-2-9-25-16;/h3-5,11,13,19,21H,2,6-10,12H2,1H3,(H,20,22);1H. The van der Waals surface area contributed by atoms with Gasteiger partial charge < -0.3 is 20.1 Å². The fourth-order valence-corrected chi connectivity index (χ4v) is 4.07. The second-order valence-electron chi connectivity index (χ2n) is 6.54. The topological polar surface area (TPSA) is 106 Å². The van der Waals surface area contributed by atoms with Crippen molar-refractivity contribution in [2.45, 2.75) is 30.7 Å². The van der Waals surface area contributed by atoms with Crippen LogP contribution in [0, 0.1) is 0 Å². The Bertz CT molecular complexity index is 829. The molecule has 0 fully saturated rings. The van der Waals surface area contributed by atoms with Crippen LogP contribution >= 0.6 is 12.4 Å². The van der Waals surface area contributed by atoms with Crippen LogP contribution in [0.5, 0.6) is 11.5 Å². The summed E-state index contributed by atoms with van der Waals surface area (Å²) in [5.41, 5.74) is 1.14. The summed E-state index contributed by atoms with van der Waals surface area (Å²) in [5, 5.41) is 5.98. The minimum Gasteiger partial charge on any atom is -0.490 e. The molecule has 0 bridgehead atoms. The van der Waals surface area contributed by atoms with Crippen molar-refractivity contribution in [1.82, 2.24) is 15.4 Å². The molecule has 3 N–H and O–H groups in total. The number of rotatable bonds is 6. The van der Waals surface area contributed by atoms with E-state index in [0.717, 1.165) is 31.5 Å². The SMILES string of the molecule is CC(NS(=O)(=O)c1ccc2c(c1)OCCCO2)C(=O)NCC1=CCNCC1.Cl. The molecular formula is C18H26ClN3O5S. The lowest BCUT2D eigenvalue weighted by Gasteiger charge is -2.18. The second kappa shape index (κ2) is 10.1. The van der Waals surface area contributed by atoms with E-state index in [0.29, 0.717) is 31.3 Å². The molecule has 0 aromatic heterocycles. The monoisotopic (exact) mass is 431 g/mol. The maximum absolute atomic E-state index is 12.6. The summed E-state index contributed by atoms with van der Waals surface area (Å²) in [6.45, 7) is 4.62. The first kappa shape index (κ1) is 22.5. The van der Waals surface area contributed by atoms with Gasteiger partial charge >= 0.3 is 0 Å². The summed E-state index contributed by atoms with van der Waals surface area (Å²) in [6.07, 6.45) is 3.65. The van der Waals surface area contributed by atoms with Crippen LogP contribution in [0.4, 0.5) is 0 Å². The van der Waals surface area contributed by atoms with Crippen LogP contribution in [0.3, 0.4) is 0 Å². The van der Waals surface area contributed by atoms with Crippen molar-refractivity contribution in [3.8, 4) is 11.5 Å².